The van der Waals surface area contributed by atoms with E-state index in [0.717, 1.165) is 11.4 Å². The van der Waals surface area contributed by atoms with Crippen LogP contribution in [0.15, 0.2) is 48.5 Å². The molecule has 5 nitrogen and oxygen atoms in total. The molecule has 0 saturated carbocycles. The smallest absolute Gasteiger partial charge is 0.186 e. The number of benzene rings is 2. The molecule has 0 amide bonds. The maximum Gasteiger partial charge on any atom is 0.186 e. The number of nitrogens with two attached hydrogens (primary N) is 1. The van der Waals surface area contributed by atoms with Crippen LogP contribution in [0.25, 0.3) is 0 Å². The van der Waals surface area contributed by atoms with E-state index in [1.807, 2.05) is 36.4 Å². The van der Waals surface area contributed by atoms with Crippen molar-refractivity contribution >= 4 is 23.1 Å². The Morgan fingerprint density at radius 1 is 1.10 bits per heavy atom. The van der Waals surface area contributed by atoms with Gasteiger partial charge in [-0.3, -0.25) is 10.2 Å². The van der Waals surface area contributed by atoms with Gasteiger partial charge >= 0.3 is 0 Å². The lowest BCUT2D eigenvalue weighted by molar-refractivity contribution is 0.0996. The molecule has 0 aliphatic rings. The maximum absolute atomic E-state index is 11.8. The zero-order chi connectivity index (χ0) is 14.4. The van der Waals surface area contributed by atoms with E-state index in [2.05, 4.69) is 16.7 Å². The largest absolute Gasteiger partial charge is 0.370 e. The number of carbonyl (C=O) groups excluding carboxylic acids is 1. The maximum atomic E-state index is 11.8. The molecule has 0 bridgehead atoms. The van der Waals surface area contributed by atoms with E-state index in [0.29, 0.717) is 5.56 Å². The Morgan fingerprint density at radius 2 is 1.70 bits per heavy atom. The quantitative estimate of drug-likeness (QED) is 0.378. The van der Waals surface area contributed by atoms with E-state index in [9.17, 15) is 4.79 Å². The minimum absolute atomic E-state index is 0.0244. The average molecular weight is 267 g/mol. The summed E-state index contributed by atoms with van der Waals surface area (Å²) in [6.07, 6.45) is 0. The molecule has 0 unspecified atom stereocenters. The Balaban J connectivity index is 1.99. The van der Waals surface area contributed by atoms with Crippen molar-refractivity contribution in [2.45, 2.75) is 0 Å². The summed E-state index contributed by atoms with van der Waals surface area (Å²) in [5, 5.41) is 12.7. The number of ketones is 1. The Labute approximate surface area is 117 Å². The van der Waals surface area contributed by atoms with E-state index in [1.54, 1.807) is 12.1 Å². The molecule has 2 rings (SSSR count). The van der Waals surface area contributed by atoms with Gasteiger partial charge in [-0.1, -0.05) is 12.1 Å². The first kappa shape index (κ1) is 13.6. The monoisotopic (exact) mass is 267 g/mol. The standard InChI is InChI=1S/C15H15N4O/c16-15(17)18-10-14(20)11-6-8-13(9-7-11)19-12-4-2-1-3-5-12/h2-9,19H,10H2,(H4,16,17,18). The number of nitrogens with one attached hydrogen (secondary N) is 3. The molecule has 0 aromatic heterocycles. The zero-order valence-electron chi connectivity index (χ0n) is 10.8. The molecule has 0 aliphatic carbocycles. The molecule has 0 heterocycles. The molecule has 101 valence electrons. The minimum Gasteiger partial charge on any atom is -0.370 e. The second kappa shape index (κ2) is 6.38. The number of guanidine groups is 1. The van der Waals surface area contributed by atoms with E-state index in [-0.39, 0.29) is 18.3 Å². The molecular formula is C15H15N4O. The lowest BCUT2D eigenvalue weighted by atomic mass is 10.1. The van der Waals surface area contributed by atoms with E-state index < -0.39 is 0 Å². The summed E-state index contributed by atoms with van der Waals surface area (Å²) in [6.45, 7) is 0.0244. The summed E-state index contributed by atoms with van der Waals surface area (Å²) in [5.74, 6) is -0.321. The highest BCUT2D eigenvalue weighted by atomic mass is 16.1. The molecule has 0 saturated heterocycles. The fourth-order valence-corrected chi connectivity index (χ4v) is 1.65. The van der Waals surface area contributed by atoms with Crippen molar-refractivity contribution in [3.63, 3.8) is 0 Å². The van der Waals surface area contributed by atoms with Gasteiger partial charge in [-0.25, -0.2) is 0 Å². The van der Waals surface area contributed by atoms with Crippen molar-refractivity contribution in [3.05, 3.63) is 60.2 Å². The van der Waals surface area contributed by atoms with Crippen LogP contribution in [0.1, 0.15) is 10.4 Å². The third kappa shape index (κ3) is 3.84. The average Bonchev–Trinajstić information content (AvgIpc) is 2.46. The van der Waals surface area contributed by atoms with Gasteiger partial charge < -0.3 is 16.4 Å². The molecular weight excluding hydrogens is 252 g/mol. The number of carbonyl (C=O) groups is 1. The Bertz CT molecular complexity index is 593. The number of anilines is 2. The van der Waals surface area contributed by atoms with Crippen molar-refractivity contribution in [2.24, 2.45) is 5.73 Å². The fourth-order valence-electron chi connectivity index (χ4n) is 1.65. The van der Waals surface area contributed by atoms with Gasteiger partial charge in [0.15, 0.2) is 11.7 Å². The molecule has 5 heteroatoms. The molecule has 20 heavy (non-hydrogen) atoms. The molecule has 5 N–H and O–H groups in total. The lowest BCUT2D eigenvalue weighted by Gasteiger charge is -2.07. The molecule has 0 aliphatic heterocycles. The summed E-state index contributed by atoms with van der Waals surface area (Å²) in [5.41, 5.74) is 7.57. The van der Waals surface area contributed by atoms with Gasteiger partial charge in [-0.05, 0) is 42.5 Å². The summed E-state index contributed by atoms with van der Waals surface area (Å²) < 4.78 is 0. The van der Waals surface area contributed by atoms with Crippen LogP contribution in [0.4, 0.5) is 11.4 Å². The molecule has 1 radical (unpaired) electrons. The van der Waals surface area contributed by atoms with Crippen LogP contribution in [0, 0.1) is 11.5 Å². The van der Waals surface area contributed by atoms with Gasteiger partial charge in [0.2, 0.25) is 0 Å². The second-order valence-corrected chi connectivity index (χ2v) is 4.18. The van der Waals surface area contributed by atoms with Gasteiger partial charge in [0.05, 0.1) is 6.54 Å². The van der Waals surface area contributed by atoms with Crippen LogP contribution < -0.4 is 16.4 Å². The van der Waals surface area contributed by atoms with Crippen molar-refractivity contribution in [3.8, 4) is 0 Å². The highest BCUT2D eigenvalue weighted by Crippen LogP contribution is 2.16. The van der Waals surface area contributed by atoms with Crippen LogP contribution in [0.2, 0.25) is 0 Å². The normalized spacial score (nSPS) is 9.80. The highest BCUT2D eigenvalue weighted by Gasteiger charge is 2.05. The van der Waals surface area contributed by atoms with Gasteiger partial charge in [0.25, 0.3) is 0 Å². The predicted octanol–water partition coefficient (Wildman–Crippen LogP) is 1.90. The fraction of sp³-hybridized carbons (Fsp3) is 0.0667. The molecule has 2 aromatic carbocycles. The summed E-state index contributed by atoms with van der Waals surface area (Å²) >= 11 is 0. The van der Waals surface area contributed by atoms with Crippen LogP contribution in [0.3, 0.4) is 0 Å². The van der Waals surface area contributed by atoms with Gasteiger partial charge in [-0.2, -0.15) is 0 Å². The van der Waals surface area contributed by atoms with E-state index >= 15 is 0 Å². The molecule has 0 fully saturated rings. The number of rotatable bonds is 5. The Kier molecular flexibility index (Phi) is 4.34. The van der Waals surface area contributed by atoms with Crippen molar-refractivity contribution in [2.75, 3.05) is 11.9 Å². The Morgan fingerprint density at radius 3 is 2.30 bits per heavy atom. The first-order valence-corrected chi connectivity index (χ1v) is 6.09. The molecule has 0 atom stereocenters. The zero-order valence-corrected chi connectivity index (χ0v) is 10.8. The van der Waals surface area contributed by atoms with Crippen LogP contribution >= 0.6 is 0 Å². The lowest BCUT2D eigenvalue weighted by Crippen LogP contribution is -2.34. The van der Waals surface area contributed by atoms with Crippen LogP contribution in [0.5, 0.6) is 0 Å². The number of hydrogen-bond donors (Lipinski definition) is 4. The van der Waals surface area contributed by atoms with Crippen molar-refractivity contribution < 1.29 is 4.79 Å². The summed E-state index contributed by atoms with van der Waals surface area (Å²) in [7, 11) is 0. The highest BCUT2D eigenvalue weighted by molar-refractivity contribution is 5.99. The van der Waals surface area contributed by atoms with E-state index in [4.69, 9.17) is 11.1 Å². The molecule has 0 spiro atoms. The summed E-state index contributed by atoms with van der Waals surface area (Å²) in [4.78, 5) is 11.8. The van der Waals surface area contributed by atoms with Gasteiger partial charge in [0, 0.05) is 16.9 Å². The third-order valence-corrected chi connectivity index (χ3v) is 2.65. The number of Topliss-reactive ketones (excluding diaryl/α,β-unsaturated/α-hetero) is 1. The van der Waals surface area contributed by atoms with Crippen molar-refractivity contribution in [1.29, 1.82) is 5.41 Å². The first-order chi connectivity index (χ1) is 9.65. The first-order valence-electron chi connectivity index (χ1n) is 6.09. The van der Waals surface area contributed by atoms with Gasteiger partial charge in [0.1, 0.15) is 0 Å². The topological polar surface area (TPSA) is 91.0 Å². The van der Waals surface area contributed by atoms with Gasteiger partial charge in [-0.15, -0.1) is 0 Å². The number of hydrogen-bond acceptors (Lipinski definition) is 3. The third-order valence-electron chi connectivity index (χ3n) is 2.65. The predicted molar refractivity (Wildman–Crippen MR) is 79.3 cm³/mol. The minimum atomic E-state index is -0.211. The molecule has 2 aromatic rings. The summed E-state index contributed by atoms with van der Waals surface area (Å²) in [6, 6.07) is 17.6. The second-order valence-electron chi connectivity index (χ2n) is 4.18. The SMILES string of the molecule is N=C(N)NCC(=O)c1ccc(Nc2cc[c]cc2)cc1. The van der Waals surface area contributed by atoms with Crippen LogP contribution in [-0.4, -0.2) is 18.3 Å². The van der Waals surface area contributed by atoms with Crippen molar-refractivity contribution in [1.82, 2.24) is 5.32 Å². The Hall–Kier alpha value is -2.82. The van der Waals surface area contributed by atoms with Crippen LogP contribution in [-0.2, 0) is 0 Å². The van der Waals surface area contributed by atoms with E-state index in [1.165, 1.54) is 0 Å².